The Labute approximate surface area is 143 Å². The second-order valence-corrected chi connectivity index (χ2v) is 6.58. The predicted molar refractivity (Wildman–Crippen MR) is 97.3 cm³/mol. The Morgan fingerprint density at radius 2 is 1.96 bits per heavy atom. The zero-order valence-electron chi connectivity index (χ0n) is 14.7. The maximum Gasteiger partial charge on any atom is 0.226 e. The smallest absolute Gasteiger partial charge is 0.226 e. The van der Waals surface area contributed by atoms with Crippen LogP contribution in [0.5, 0.6) is 0 Å². The van der Waals surface area contributed by atoms with Crippen LogP contribution in [0.2, 0.25) is 0 Å². The molecule has 6 nitrogen and oxygen atoms in total. The fourth-order valence-corrected chi connectivity index (χ4v) is 3.01. The van der Waals surface area contributed by atoms with Gasteiger partial charge in [-0.2, -0.15) is 4.98 Å². The highest BCUT2D eigenvalue weighted by Crippen LogP contribution is 2.18. The van der Waals surface area contributed by atoms with E-state index < -0.39 is 0 Å². The number of nitrogens with zero attached hydrogens (tertiary/aromatic N) is 5. The van der Waals surface area contributed by atoms with Crippen LogP contribution in [-0.4, -0.2) is 53.1 Å². The van der Waals surface area contributed by atoms with Gasteiger partial charge in [-0.1, -0.05) is 6.07 Å². The van der Waals surface area contributed by atoms with Gasteiger partial charge >= 0.3 is 0 Å². The van der Waals surface area contributed by atoms with E-state index >= 15 is 0 Å². The van der Waals surface area contributed by atoms with Crippen molar-refractivity contribution >= 4 is 11.8 Å². The van der Waals surface area contributed by atoms with E-state index in [4.69, 9.17) is 0 Å². The highest BCUT2D eigenvalue weighted by Gasteiger charge is 2.20. The zero-order valence-corrected chi connectivity index (χ0v) is 14.7. The van der Waals surface area contributed by atoms with Crippen LogP contribution in [0.15, 0.2) is 30.6 Å². The van der Waals surface area contributed by atoms with E-state index in [1.807, 2.05) is 43.5 Å². The Kier molecular flexibility index (Phi) is 5.25. The van der Waals surface area contributed by atoms with Crippen molar-refractivity contribution in [2.45, 2.75) is 32.4 Å². The lowest BCUT2D eigenvalue weighted by atomic mass is 10.0. The summed E-state index contributed by atoms with van der Waals surface area (Å²) in [5, 5.41) is 3.56. The van der Waals surface area contributed by atoms with Crippen LogP contribution in [0.25, 0.3) is 0 Å². The molecule has 0 atom stereocenters. The normalized spacial score (nSPS) is 16.1. The van der Waals surface area contributed by atoms with E-state index in [0.29, 0.717) is 6.04 Å². The summed E-state index contributed by atoms with van der Waals surface area (Å²) in [5.74, 6) is 1.65. The molecule has 0 bridgehead atoms. The molecule has 24 heavy (non-hydrogen) atoms. The highest BCUT2D eigenvalue weighted by molar-refractivity contribution is 5.41. The largest absolute Gasteiger partial charge is 0.367 e. The Morgan fingerprint density at radius 1 is 1.17 bits per heavy atom. The summed E-state index contributed by atoms with van der Waals surface area (Å²) in [7, 11) is 3.91. The van der Waals surface area contributed by atoms with E-state index in [1.165, 1.54) is 5.56 Å². The van der Waals surface area contributed by atoms with Crippen LogP contribution in [0.4, 0.5) is 11.8 Å². The van der Waals surface area contributed by atoms with Gasteiger partial charge in [-0.15, -0.1) is 0 Å². The van der Waals surface area contributed by atoms with Gasteiger partial charge in [0, 0.05) is 57.9 Å². The minimum absolute atomic E-state index is 0.473. The maximum atomic E-state index is 4.55. The van der Waals surface area contributed by atoms with Crippen LogP contribution >= 0.6 is 0 Å². The minimum atomic E-state index is 0.473. The summed E-state index contributed by atoms with van der Waals surface area (Å²) >= 11 is 0. The van der Waals surface area contributed by atoms with Crippen molar-refractivity contribution in [2.24, 2.45) is 0 Å². The standard InChI is InChI=1S/C18H26N6/c1-14-15(5-4-9-19-14)13-24-11-7-16(8-12-24)21-17-6-10-20-18(22-17)23(2)3/h4-6,9-10,16H,7-8,11-13H2,1-3H3,(H,20,21,22). The lowest BCUT2D eigenvalue weighted by Crippen LogP contribution is -2.39. The van der Waals surface area contributed by atoms with Gasteiger partial charge in [-0.05, 0) is 37.5 Å². The number of hydrogen-bond donors (Lipinski definition) is 1. The molecule has 1 N–H and O–H groups in total. The number of anilines is 2. The van der Waals surface area contributed by atoms with E-state index in [0.717, 1.165) is 49.9 Å². The first kappa shape index (κ1) is 16.6. The van der Waals surface area contributed by atoms with Crippen molar-refractivity contribution in [1.82, 2.24) is 19.9 Å². The van der Waals surface area contributed by atoms with Gasteiger partial charge in [-0.3, -0.25) is 9.88 Å². The number of piperidine rings is 1. The number of likely N-dealkylation sites (tertiary alicyclic amines) is 1. The average Bonchev–Trinajstić information content (AvgIpc) is 2.59. The molecule has 0 saturated carbocycles. The molecule has 2 aromatic rings. The van der Waals surface area contributed by atoms with Gasteiger partial charge in [0.25, 0.3) is 0 Å². The van der Waals surface area contributed by atoms with Crippen molar-refractivity contribution in [3.05, 3.63) is 41.9 Å². The lowest BCUT2D eigenvalue weighted by molar-refractivity contribution is 0.210. The van der Waals surface area contributed by atoms with Crippen molar-refractivity contribution in [2.75, 3.05) is 37.4 Å². The summed E-state index contributed by atoms with van der Waals surface area (Å²) in [4.78, 5) is 17.6. The molecule has 1 aliphatic rings. The molecule has 0 aliphatic carbocycles. The maximum absolute atomic E-state index is 4.55. The molecule has 0 unspecified atom stereocenters. The monoisotopic (exact) mass is 326 g/mol. The average molecular weight is 326 g/mol. The summed E-state index contributed by atoms with van der Waals surface area (Å²) < 4.78 is 0. The molecule has 3 rings (SSSR count). The van der Waals surface area contributed by atoms with E-state index in [1.54, 1.807) is 0 Å². The number of hydrogen-bond acceptors (Lipinski definition) is 6. The van der Waals surface area contributed by atoms with Crippen LogP contribution in [0.3, 0.4) is 0 Å². The van der Waals surface area contributed by atoms with Crippen molar-refractivity contribution in [3.8, 4) is 0 Å². The molecule has 1 fully saturated rings. The predicted octanol–water partition coefficient (Wildman–Crippen LogP) is 2.32. The molecular formula is C18H26N6. The quantitative estimate of drug-likeness (QED) is 0.910. The van der Waals surface area contributed by atoms with Gasteiger partial charge in [0.05, 0.1) is 0 Å². The number of aryl methyl sites for hydroxylation is 1. The summed E-state index contributed by atoms with van der Waals surface area (Å²) in [6, 6.07) is 6.61. The van der Waals surface area contributed by atoms with Crippen molar-refractivity contribution < 1.29 is 0 Å². The van der Waals surface area contributed by atoms with E-state index in [-0.39, 0.29) is 0 Å². The first-order valence-electron chi connectivity index (χ1n) is 8.51. The van der Waals surface area contributed by atoms with Gasteiger partial charge in [0.15, 0.2) is 0 Å². The molecular weight excluding hydrogens is 300 g/mol. The number of pyridine rings is 1. The fraction of sp³-hybridized carbons (Fsp3) is 0.500. The highest BCUT2D eigenvalue weighted by atomic mass is 15.2. The zero-order chi connectivity index (χ0) is 16.9. The molecule has 1 saturated heterocycles. The number of nitrogens with one attached hydrogen (secondary N) is 1. The minimum Gasteiger partial charge on any atom is -0.367 e. The molecule has 0 spiro atoms. The second kappa shape index (κ2) is 7.57. The molecule has 0 amide bonds. The van der Waals surface area contributed by atoms with Crippen LogP contribution in [0, 0.1) is 6.92 Å². The fourth-order valence-electron chi connectivity index (χ4n) is 3.01. The topological polar surface area (TPSA) is 57.2 Å². The van der Waals surface area contributed by atoms with E-state index in [9.17, 15) is 0 Å². The third-order valence-electron chi connectivity index (χ3n) is 4.49. The Balaban J connectivity index is 1.52. The summed E-state index contributed by atoms with van der Waals surface area (Å²) in [5.41, 5.74) is 2.46. The number of aromatic nitrogens is 3. The van der Waals surface area contributed by atoms with Gasteiger partial charge in [-0.25, -0.2) is 4.98 Å². The lowest BCUT2D eigenvalue weighted by Gasteiger charge is -2.32. The van der Waals surface area contributed by atoms with Gasteiger partial charge in [0.2, 0.25) is 5.95 Å². The molecule has 1 aliphatic heterocycles. The third kappa shape index (κ3) is 4.20. The molecule has 3 heterocycles. The Morgan fingerprint density at radius 3 is 2.67 bits per heavy atom. The summed E-state index contributed by atoms with van der Waals surface area (Å²) in [6.45, 7) is 5.26. The number of rotatable bonds is 5. The van der Waals surface area contributed by atoms with Crippen molar-refractivity contribution in [1.29, 1.82) is 0 Å². The van der Waals surface area contributed by atoms with E-state index in [2.05, 4.69) is 38.2 Å². The molecule has 128 valence electrons. The van der Waals surface area contributed by atoms with Crippen LogP contribution in [-0.2, 0) is 6.54 Å². The molecule has 6 heteroatoms. The third-order valence-corrected chi connectivity index (χ3v) is 4.49. The first-order valence-corrected chi connectivity index (χ1v) is 8.51. The molecule has 2 aromatic heterocycles. The second-order valence-electron chi connectivity index (χ2n) is 6.58. The Bertz CT molecular complexity index is 664. The van der Waals surface area contributed by atoms with Crippen LogP contribution in [0.1, 0.15) is 24.1 Å². The Hall–Kier alpha value is -2.21. The van der Waals surface area contributed by atoms with Gasteiger partial charge in [0.1, 0.15) is 5.82 Å². The summed E-state index contributed by atoms with van der Waals surface area (Å²) in [6.07, 6.45) is 5.92. The first-order chi connectivity index (χ1) is 11.6. The van der Waals surface area contributed by atoms with Crippen molar-refractivity contribution in [3.63, 3.8) is 0 Å². The molecule has 0 aromatic carbocycles. The SMILES string of the molecule is Cc1ncccc1CN1CCC(Nc2ccnc(N(C)C)n2)CC1. The molecule has 0 radical (unpaired) electrons. The van der Waals surface area contributed by atoms with Gasteiger partial charge < -0.3 is 10.2 Å². The van der Waals surface area contributed by atoms with Crippen LogP contribution < -0.4 is 10.2 Å².